The minimum absolute atomic E-state index is 0.450. The first kappa shape index (κ1) is 22.2. The summed E-state index contributed by atoms with van der Waals surface area (Å²) in [6.45, 7) is 5.12. The lowest BCUT2D eigenvalue weighted by molar-refractivity contribution is 0.00991. The van der Waals surface area contributed by atoms with Gasteiger partial charge in [-0.15, -0.1) is 0 Å². The molecule has 10 aliphatic rings. The molecule has 2 heteroatoms. The van der Waals surface area contributed by atoms with Crippen LogP contribution in [0.15, 0.2) is 0 Å². The Balaban J connectivity index is 1.33. The molecule has 10 fully saturated rings. The number of rotatable bonds is 4. The summed E-state index contributed by atoms with van der Waals surface area (Å²) in [5.41, 5.74) is 0. The molecular formula is C32H52NP. The van der Waals surface area contributed by atoms with Gasteiger partial charge in [-0.25, -0.2) is 0 Å². The van der Waals surface area contributed by atoms with Gasteiger partial charge in [-0.05, 0) is 169 Å². The second kappa shape index (κ2) is 7.20. The van der Waals surface area contributed by atoms with Gasteiger partial charge in [-0.3, -0.25) is 0 Å². The SMILES string of the molecule is CCC1CC2CC(C)CC(P(=N)(C34CC5CC(CC(C5)C3)C4)C34CC5CC(CC(C5)C3)C4)(C1)C2. The molecule has 4 unspecified atom stereocenters. The molecule has 0 aromatic heterocycles. The zero-order chi connectivity index (χ0) is 22.9. The van der Waals surface area contributed by atoms with Crippen molar-refractivity contribution >= 4 is 7.05 Å². The lowest BCUT2D eigenvalue weighted by atomic mass is 9.55. The fourth-order valence-corrected chi connectivity index (χ4v) is 22.5. The minimum Gasteiger partial charge on any atom is -0.317 e. The van der Waals surface area contributed by atoms with Gasteiger partial charge in [0.1, 0.15) is 0 Å². The van der Waals surface area contributed by atoms with Gasteiger partial charge in [0.15, 0.2) is 0 Å². The van der Waals surface area contributed by atoms with Crippen LogP contribution in [0, 0.1) is 58.4 Å². The Bertz CT molecular complexity index is 780. The Morgan fingerprint density at radius 2 is 0.882 bits per heavy atom. The summed E-state index contributed by atoms with van der Waals surface area (Å²) in [5.74, 6) is 8.91. The van der Waals surface area contributed by atoms with Gasteiger partial charge in [-0.2, -0.15) is 0 Å². The van der Waals surface area contributed by atoms with Crippen LogP contribution in [0.4, 0.5) is 0 Å². The van der Waals surface area contributed by atoms with E-state index in [0.717, 1.165) is 53.3 Å². The lowest BCUT2D eigenvalue weighted by Gasteiger charge is -2.74. The van der Waals surface area contributed by atoms with E-state index in [4.69, 9.17) is 0 Å². The highest BCUT2D eigenvalue weighted by atomic mass is 31.2. The zero-order valence-electron chi connectivity index (χ0n) is 22.4. The number of fused-ring (bicyclic) bond motifs is 2. The summed E-state index contributed by atoms with van der Waals surface area (Å²) >= 11 is 0. The molecular weight excluding hydrogens is 429 g/mol. The van der Waals surface area contributed by atoms with Crippen molar-refractivity contribution in [3.05, 3.63) is 0 Å². The molecule has 0 radical (unpaired) electrons. The molecule has 0 saturated heterocycles. The summed E-state index contributed by atoms with van der Waals surface area (Å²) in [6.07, 6.45) is 27.4. The monoisotopic (exact) mass is 481 g/mol. The van der Waals surface area contributed by atoms with Crippen LogP contribution < -0.4 is 0 Å². The van der Waals surface area contributed by atoms with Crippen molar-refractivity contribution in [3.8, 4) is 0 Å². The maximum atomic E-state index is 11.6. The predicted octanol–water partition coefficient (Wildman–Crippen LogP) is 9.70. The third kappa shape index (κ3) is 2.79. The number of nitrogens with one attached hydrogen (secondary N) is 1. The molecule has 0 aromatic rings. The molecule has 190 valence electrons. The number of hydrogen-bond acceptors (Lipinski definition) is 1. The second-order valence-corrected chi connectivity index (χ2v) is 20.7. The largest absolute Gasteiger partial charge is 0.317 e. The highest BCUT2D eigenvalue weighted by molar-refractivity contribution is 7.69. The molecule has 1 nitrogen and oxygen atoms in total. The molecule has 10 bridgehead atoms. The van der Waals surface area contributed by atoms with Gasteiger partial charge in [-0.1, -0.05) is 20.3 Å². The molecule has 0 aliphatic heterocycles. The van der Waals surface area contributed by atoms with Crippen LogP contribution >= 0.6 is 7.05 Å². The van der Waals surface area contributed by atoms with Crippen molar-refractivity contribution in [2.75, 3.05) is 0 Å². The van der Waals surface area contributed by atoms with E-state index >= 15 is 0 Å². The highest BCUT2D eigenvalue weighted by Gasteiger charge is 2.72. The Labute approximate surface area is 210 Å². The Morgan fingerprint density at radius 1 is 0.529 bits per heavy atom. The molecule has 10 saturated carbocycles. The van der Waals surface area contributed by atoms with Crippen molar-refractivity contribution in [2.24, 2.45) is 53.3 Å². The molecule has 0 heterocycles. The van der Waals surface area contributed by atoms with E-state index < -0.39 is 7.05 Å². The first-order valence-electron chi connectivity index (χ1n) is 16.0. The van der Waals surface area contributed by atoms with E-state index in [0.29, 0.717) is 15.5 Å². The van der Waals surface area contributed by atoms with Crippen LogP contribution in [0.3, 0.4) is 0 Å². The maximum absolute atomic E-state index is 11.6. The predicted molar refractivity (Wildman–Crippen MR) is 144 cm³/mol. The normalized spacial score (nSPS) is 60.9. The van der Waals surface area contributed by atoms with Crippen LogP contribution in [-0.2, 0) is 0 Å². The van der Waals surface area contributed by atoms with Crippen LogP contribution in [0.2, 0.25) is 0 Å². The maximum Gasteiger partial charge on any atom is 0.00693 e. The van der Waals surface area contributed by atoms with E-state index in [9.17, 15) is 5.16 Å². The van der Waals surface area contributed by atoms with E-state index in [1.807, 2.05) is 0 Å². The molecule has 10 rings (SSSR count). The highest BCUT2D eigenvalue weighted by Crippen LogP contribution is 2.90. The Kier molecular flexibility index (Phi) is 4.71. The molecule has 4 atom stereocenters. The quantitative estimate of drug-likeness (QED) is 0.386. The molecule has 0 spiro atoms. The van der Waals surface area contributed by atoms with Gasteiger partial charge < -0.3 is 5.16 Å². The van der Waals surface area contributed by atoms with Crippen molar-refractivity contribution in [2.45, 2.75) is 145 Å². The van der Waals surface area contributed by atoms with Crippen LogP contribution in [0.1, 0.15) is 129 Å². The van der Waals surface area contributed by atoms with E-state index in [2.05, 4.69) is 13.8 Å². The van der Waals surface area contributed by atoms with Gasteiger partial charge in [0.2, 0.25) is 0 Å². The fraction of sp³-hybridized carbons (Fsp3) is 1.00. The summed E-state index contributed by atoms with van der Waals surface area (Å²) < 4.78 is 0. The van der Waals surface area contributed by atoms with E-state index in [1.165, 1.54) is 77.0 Å². The minimum atomic E-state index is -1.90. The topological polar surface area (TPSA) is 23.9 Å². The van der Waals surface area contributed by atoms with Crippen molar-refractivity contribution in [3.63, 3.8) is 0 Å². The summed E-state index contributed by atoms with van der Waals surface area (Å²) in [4.78, 5) is 0. The third-order valence-corrected chi connectivity index (χ3v) is 20.1. The summed E-state index contributed by atoms with van der Waals surface area (Å²) in [6, 6.07) is 0. The van der Waals surface area contributed by atoms with Gasteiger partial charge in [0.05, 0.1) is 0 Å². The first-order chi connectivity index (χ1) is 16.3. The average Bonchev–Trinajstić information content (AvgIpc) is 2.75. The lowest BCUT2D eigenvalue weighted by Crippen LogP contribution is -2.63. The van der Waals surface area contributed by atoms with Crippen LogP contribution in [-0.4, -0.2) is 15.5 Å². The van der Waals surface area contributed by atoms with Crippen LogP contribution in [0.5, 0.6) is 0 Å². The van der Waals surface area contributed by atoms with Crippen molar-refractivity contribution < 1.29 is 0 Å². The summed E-state index contributed by atoms with van der Waals surface area (Å²) in [7, 11) is -1.90. The van der Waals surface area contributed by atoms with Crippen molar-refractivity contribution in [1.82, 2.24) is 0 Å². The van der Waals surface area contributed by atoms with Crippen LogP contribution in [0.25, 0.3) is 0 Å². The average molecular weight is 482 g/mol. The molecule has 0 aromatic carbocycles. The fourth-order valence-electron chi connectivity index (χ4n) is 14.6. The molecule has 0 amide bonds. The Morgan fingerprint density at radius 3 is 1.26 bits per heavy atom. The summed E-state index contributed by atoms with van der Waals surface area (Å²) in [5, 5.41) is 13.0. The van der Waals surface area contributed by atoms with E-state index in [1.54, 1.807) is 38.5 Å². The first-order valence-corrected chi connectivity index (χ1v) is 17.8. The van der Waals surface area contributed by atoms with Gasteiger partial charge in [0.25, 0.3) is 0 Å². The van der Waals surface area contributed by atoms with E-state index in [-0.39, 0.29) is 0 Å². The molecule has 10 aliphatic carbocycles. The third-order valence-electron chi connectivity index (χ3n) is 14.2. The number of hydrogen-bond donors (Lipinski definition) is 1. The molecule has 34 heavy (non-hydrogen) atoms. The van der Waals surface area contributed by atoms with Crippen molar-refractivity contribution in [1.29, 1.82) is 5.16 Å². The van der Waals surface area contributed by atoms with Gasteiger partial charge >= 0.3 is 0 Å². The second-order valence-electron chi connectivity index (χ2n) is 16.5. The Hall–Kier alpha value is 0.230. The zero-order valence-corrected chi connectivity index (χ0v) is 23.3. The standard InChI is InChI=1S/C32H52NP/c1-3-22-5-23-4-21(2)12-30(13-22,14-23)34(33,31-15-24-6-25(16-31)8-26(7-24)17-31)32-18-27-9-28(19-32)11-29(10-27)20-32/h21-29,33H,3-20H2,1-2H3. The van der Waals surface area contributed by atoms with Gasteiger partial charge in [0, 0.05) is 15.5 Å². The molecule has 1 N–H and O–H groups in total. The smallest absolute Gasteiger partial charge is 0.00693 e.